The van der Waals surface area contributed by atoms with E-state index in [1.165, 1.54) is 0 Å². The van der Waals surface area contributed by atoms with Gasteiger partial charge in [0.2, 0.25) is 5.91 Å². The van der Waals surface area contributed by atoms with E-state index in [1.807, 2.05) is 4.90 Å². The van der Waals surface area contributed by atoms with Gasteiger partial charge in [-0.1, -0.05) is 36.0 Å². The standard InChI is InChI=1S/C17H20Cl2N2O2/c18-13-5-6-14(15(19)11-13)17(23)21-9-7-20(8-10-21)16(22)12-3-1-2-4-12/h5-6,11-12H,1-4,7-10H2. The first-order chi connectivity index (χ1) is 11.1. The van der Waals surface area contributed by atoms with Crippen molar-refractivity contribution in [2.75, 3.05) is 26.2 Å². The first kappa shape index (κ1) is 16.6. The molecule has 0 atom stereocenters. The molecule has 1 saturated carbocycles. The number of halogens is 2. The van der Waals surface area contributed by atoms with Crippen molar-refractivity contribution >= 4 is 35.0 Å². The van der Waals surface area contributed by atoms with Crippen molar-refractivity contribution in [3.63, 3.8) is 0 Å². The number of carbonyl (C=O) groups is 2. The summed E-state index contributed by atoms with van der Waals surface area (Å²) in [5, 5.41) is 0.880. The minimum atomic E-state index is -0.0976. The molecule has 124 valence electrons. The molecule has 2 fully saturated rings. The Morgan fingerprint density at radius 2 is 1.57 bits per heavy atom. The van der Waals surface area contributed by atoms with Crippen LogP contribution in [0.5, 0.6) is 0 Å². The minimum absolute atomic E-state index is 0.0976. The van der Waals surface area contributed by atoms with Crippen molar-refractivity contribution < 1.29 is 9.59 Å². The average Bonchev–Trinajstić information content (AvgIpc) is 3.08. The molecule has 2 aliphatic rings. The van der Waals surface area contributed by atoms with Crippen LogP contribution in [0.4, 0.5) is 0 Å². The van der Waals surface area contributed by atoms with Crippen LogP contribution in [0, 0.1) is 5.92 Å². The van der Waals surface area contributed by atoms with Crippen LogP contribution in [0.25, 0.3) is 0 Å². The molecule has 23 heavy (non-hydrogen) atoms. The Morgan fingerprint density at radius 3 is 2.17 bits per heavy atom. The van der Waals surface area contributed by atoms with Crippen molar-refractivity contribution in [1.82, 2.24) is 9.80 Å². The number of hydrogen-bond acceptors (Lipinski definition) is 2. The number of rotatable bonds is 2. The van der Waals surface area contributed by atoms with E-state index < -0.39 is 0 Å². The number of benzene rings is 1. The van der Waals surface area contributed by atoms with E-state index in [0.29, 0.717) is 41.8 Å². The first-order valence-corrected chi connectivity index (χ1v) is 8.85. The third-order valence-electron chi connectivity index (χ3n) is 4.74. The Morgan fingerprint density at radius 1 is 0.957 bits per heavy atom. The second-order valence-electron chi connectivity index (χ2n) is 6.22. The highest BCUT2D eigenvalue weighted by Crippen LogP contribution is 2.27. The predicted octanol–water partition coefficient (Wildman–Crippen LogP) is 3.47. The zero-order valence-electron chi connectivity index (χ0n) is 12.9. The van der Waals surface area contributed by atoms with Crippen LogP contribution in [0.2, 0.25) is 10.0 Å². The molecule has 1 aromatic rings. The van der Waals surface area contributed by atoms with Gasteiger partial charge < -0.3 is 9.80 Å². The quantitative estimate of drug-likeness (QED) is 0.815. The van der Waals surface area contributed by atoms with Crippen LogP contribution in [0.3, 0.4) is 0 Å². The second-order valence-corrected chi connectivity index (χ2v) is 7.07. The predicted molar refractivity (Wildman–Crippen MR) is 90.9 cm³/mol. The molecule has 0 radical (unpaired) electrons. The van der Waals surface area contributed by atoms with Gasteiger partial charge in [0.1, 0.15) is 0 Å². The van der Waals surface area contributed by atoms with Crippen LogP contribution < -0.4 is 0 Å². The lowest BCUT2D eigenvalue weighted by Crippen LogP contribution is -2.51. The molecule has 1 saturated heterocycles. The largest absolute Gasteiger partial charge is 0.339 e. The summed E-state index contributed by atoms with van der Waals surface area (Å²) >= 11 is 12.0. The maximum absolute atomic E-state index is 12.6. The van der Waals surface area contributed by atoms with Crippen LogP contribution in [0.1, 0.15) is 36.0 Å². The average molecular weight is 355 g/mol. The molecule has 1 aromatic carbocycles. The van der Waals surface area contributed by atoms with Crippen molar-refractivity contribution in [1.29, 1.82) is 0 Å². The van der Waals surface area contributed by atoms with Gasteiger partial charge in [-0.15, -0.1) is 0 Å². The summed E-state index contributed by atoms with van der Waals surface area (Å²) in [6.45, 7) is 2.31. The van der Waals surface area contributed by atoms with Gasteiger partial charge in [-0.05, 0) is 31.0 Å². The molecule has 0 aromatic heterocycles. The van der Waals surface area contributed by atoms with Crippen LogP contribution in [0.15, 0.2) is 18.2 Å². The highest BCUT2D eigenvalue weighted by atomic mass is 35.5. The number of amides is 2. The van der Waals surface area contributed by atoms with Gasteiger partial charge >= 0.3 is 0 Å². The first-order valence-electron chi connectivity index (χ1n) is 8.09. The number of hydrogen-bond donors (Lipinski definition) is 0. The lowest BCUT2D eigenvalue weighted by atomic mass is 10.1. The summed E-state index contributed by atoms with van der Waals surface area (Å²) in [4.78, 5) is 28.6. The molecule has 0 unspecified atom stereocenters. The van der Waals surface area contributed by atoms with E-state index in [4.69, 9.17) is 23.2 Å². The van der Waals surface area contributed by atoms with Gasteiger partial charge in [-0.2, -0.15) is 0 Å². The van der Waals surface area contributed by atoms with E-state index >= 15 is 0 Å². The van der Waals surface area contributed by atoms with Crippen molar-refractivity contribution in [2.45, 2.75) is 25.7 Å². The molecule has 2 amide bonds. The van der Waals surface area contributed by atoms with Gasteiger partial charge in [0.05, 0.1) is 10.6 Å². The Bertz CT molecular complexity index is 607. The lowest BCUT2D eigenvalue weighted by molar-refractivity contribution is -0.136. The molecule has 4 nitrogen and oxygen atoms in total. The molecule has 6 heteroatoms. The molecule has 1 heterocycles. The number of carbonyl (C=O) groups excluding carboxylic acids is 2. The second kappa shape index (κ2) is 7.10. The Balaban J connectivity index is 1.60. The lowest BCUT2D eigenvalue weighted by Gasteiger charge is -2.36. The molecule has 0 N–H and O–H groups in total. The molecular weight excluding hydrogens is 335 g/mol. The molecule has 1 aliphatic heterocycles. The Hall–Kier alpha value is -1.26. The smallest absolute Gasteiger partial charge is 0.255 e. The van der Waals surface area contributed by atoms with Gasteiger partial charge in [0.15, 0.2) is 0 Å². The van der Waals surface area contributed by atoms with Crippen molar-refractivity contribution in [3.8, 4) is 0 Å². The highest BCUT2D eigenvalue weighted by Gasteiger charge is 2.31. The summed E-state index contributed by atoms with van der Waals surface area (Å²) in [5.74, 6) is 0.363. The third kappa shape index (κ3) is 3.64. The Kier molecular flexibility index (Phi) is 5.12. The van der Waals surface area contributed by atoms with E-state index in [1.54, 1.807) is 23.1 Å². The fraction of sp³-hybridized carbons (Fsp3) is 0.529. The summed E-state index contributed by atoms with van der Waals surface area (Å²) in [5.41, 5.74) is 0.464. The SMILES string of the molecule is O=C(c1ccc(Cl)cc1Cl)N1CCN(C(=O)C2CCCC2)CC1. The van der Waals surface area contributed by atoms with Gasteiger partial charge in [0, 0.05) is 37.1 Å². The van der Waals surface area contributed by atoms with Crippen molar-refractivity contribution in [3.05, 3.63) is 33.8 Å². The molecule has 0 spiro atoms. The monoisotopic (exact) mass is 354 g/mol. The maximum atomic E-state index is 12.6. The van der Waals surface area contributed by atoms with Gasteiger partial charge in [-0.3, -0.25) is 9.59 Å². The maximum Gasteiger partial charge on any atom is 0.255 e. The number of nitrogens with zero attached hydrogens (tertiary/aromatic N) is 2. The molecule has 1 aliphatic carbocycles. The van der Waals surface area contributed by atoms with Gasteiger partial charge in [-0.25, -0.2) is 0 Å². The molecular formula is C17H20Cl2N2O2. The topological polar surface area (TPSA) is 40.6 Å². The highest BCUT2D eigenvalue weighted by molar-refractivity contribution is 6.36. The molecule has 3 rings (SSSR count). The van der Waals surface area contributed by atoms with Crippen LogP contribution in [-0.4, -0.2) is 47.8 Å². The third-order valence-corrected chi connectivity index (χ3v) is 5.29. The van der Waals surface area contributed by atoms with Crippen LogP contribution >= 0.6 is 23.2 Å². The zero-order chi connectivity index (χ0) is 16.4. The normalized spacial score (nSPS) is 19.2. The van der Waals surface area contributed by atoms with Crippen molar-refractivity contribution in [2.24, 2.45) is 5.92 Å². The van der Waals surface area contributed by atoms with E-state index in [9.17, 15) is 9.59 Å². The van der Waals surface area contributed by atoms with E-state index in [2.05, 4.69) is 0 Å². The van der Waals surface area contributed by atoms with E-state index in [-0.39, 0.29) is 17.7 Å². The Labute approximate surface area is 146 Å². The minimum Gasteiger partial charge on any atom is -0.339 e. The number of piperazine rings is 1. The fourth-order valence-corrected chi connectivity index (χ4v) is 3.88. The van der Waals surface area contributed by atoms with Crippen LogP contribution in [-0.2, 0) is 4.79 Å². The molecule has 0 bridgehead atoms. The van der Waals surface area contributed by atoms with E-state index in [0.717, 1.165) is 25.7 Å². The summed E-state index contributed by atoms with van der Waals surface area (Å²) in [6, 6.07) is 4.90. The fourth-order valence-electron chi connectivity index (χ4n) is 3.39. The van der Waals surface area contributed by atoms with Gasteiger partial charge in [0.25, 0.3) is 5.91 Å². The summed E-state index contributed by atoms with van der Waals surface area (Å²) in [7, 11) is 0. The summed E-state index contributed by atoms with van der Waals surface area (Å²) < 4.78 is 0. The summed E-state index contributed by atoms with van der Waals surface area (Å²) in [6.07, 6.45) is 4.34. The zero-order valence-corrected chi connectivity index (χ0v) is 14.4.